The first-order chi connectivity index (χ1) is 14.9. The third-order valence-electron chi connectivity index (χ3n) is 4.03. The minimum absolute atomic E-state index is 0.129. The van der Waals surface area contributed by atoms with Gasteiger partial charge in [-0.1, -0.05) is 0 Å². The first kappa shape index (κ1) is 22.1. The average molecular weight is 451 g/mol. The summed E-state index contributed by atoms with van der Waals surface area (Å²) >= 11 is 4.73. The number of ether oxygens (including phenoxy) is 1. The largest absolute Gasteiger partial charge is 0.487 e. The topological polar surface area (TPSA) is 115 Å². The summed E-state index contributed by atoms with van der Waals surface area (Å²) in [5, 5.41) is 13.6. The lowest BCUT2D eigenvalue weighted by molar-refractivity contribution is -0.120. The van der Waals surface area contributed by atoms with Crippen LogP contribution in [0, 0.1) is 0 Å². The van der Waals surface area contributed by atoms with Crippen molar-refractivity contribution in [2.45, 2.75) is 17.9 Å². The summed E-state index contributed by atoms with van der Waals surface area (Å²) in [7, 11) is 0. The number of amides is 1. The first-order valence-electron chi connectivity index (χ1n) is 8.94. The van der Waals surface area contributed by atoms with Gasteiger partial charge in [-0.2, -0.15) is 0 Å². The summed E-state index contributed by atoms with van der Waals surface area (Å²) in [5.41, 5.74) is -2.99. The highest BCUT2D eigenvalue weighted by Crippen LogP contribution is 2.30. The molecule has 4 heterocycles. The monoisotopic (exact) mass is 450 g/mol. The molecule has 1 unspecified atom stereocenters. The van der Waals surface area contributed by atoms with Crippen LogP contribution in [0.2, 0.25) is 0 Å². The van der Waals surface area contributed by atoms with E-state index in [2.05, 4.69) is 48.7 Å². The molecule has 0 radical (unpaired) electrons. The molecular formula is C19H17ClF2N6O3. The van der Waals surface area contributed by atoms with Crippen LogP contribution in [0.1, 0.15) is 18.2 Å². The van der Waals surface area contributed by atoms with Crippen LogP contribution in [-0.2, 0) is 4.79 Å². The summed E-state index contributed by atoms with van der Waals surface area (Å²) in [6, 6.07) is 6.09. The molecule has 1 atom stereocenters. The van der Waals surface area contributed by atoms with Gasteiger partial charge in [-0.25, -0.2) is 9.97 Å². The van der Waals surface area contributed by atoms with Crippen molar-refractivity contribution in [2.24, 2.45) is 0 Å². The Balaban J connectivity index is 0.00000132. The lowest BCUT2D eigenvalue weighted by Gasteiger charge is -2.11. The Kier molecular flexibility index (Phi) is 6.75. The van der Waals surface area contributed by atoms with Crippen LogP contribution in [0.5, 0.6) is 5.75 Å². The van der Waals surface area contributed by atoms with E-state index in [0.717, 1.165) is 6.20 Å². The fourth-order valence-electron chi connectivity index (χ4n) is 2.76. The van der Waals surface area contributed by atoms with Gasteiger partial charge in [0.25, 0.3) is 5.89 Å². The minimum Gasteiger partial charge on any atom is -0.418 e. The second kappa shape index (κ2) is 9.47. The maximum Gasteiger partial charge on any atom is 0.487 e. The molecule has 1 aliphatic rings. The predicted octanol–water partition coefficient (Wildman–Crippen LogP) is 3.84. The van der Waals surface area contributed by atoms with Crippen molar-refractivity contribution in [1.82, 2.24) is 25.5 Å². The molecule has 9 nitrogen and oxygen atoms in total. The molecule has 31 heavy (non-hydrogen) atoms. The molecule has 2 N–H and O–H groups in total. The number of anilines is 2. The molecule has 3 aromatic heterocycles. The Morgan fingerprint density at radius 2 is 2.06 bits per heavy atom. The third kappa shape index (κ3) is 5.51. The molecule has 0 aliphatic carbocycles. The molecule has 0 bridgehead atoms. The highest BCUT2D eigenvalue weighted by molar-refractivity contribution is 6.20. The van der Waals surface area contributed by atoms with Crippen LogP contribution >= 0.6 is 11.6 Å². The quantitative estimate of drug-likeness (QED) is 0.430. The SMILES string of the molecule is C=C.O=C1NCCC1c1nnc(-c2ncccc2Nc2ccc(OC(F)(F)Cl)cn2)o1. The molecule has 1 aliphatic heterocycles. The van der Waals surface area contributed by atoms with Gasteiger partial charge in [0.15, 0.2) is 5.69 Å². The van der Waals surface area contributed by atoms with E-state index in [0.29, 0.717) is 30.2 Å². The van der Waals surface area contributed by atoms with E-state index in [1.54, 1.807) is 18.3 Å². The van der Waals surface area contributed by atoms with Gasteiger partial charge in [-0.3, -0.25) is 4.79 Å². The molecule has 12 heteroatoms. The number of carbonyl (C=O) groups excluding carboxylic acids is 1. The van der Waals surface area contributed by atoms with Crippen LogP contribution < -0.4 is 15.4 Å². The second-order valence-corrected chi connectivity index (χ2v) is 6.47. The second-order valence-electron chi connectivity index (χ2n) is 6.03. The molecule has 4 rings (SSSR count). The summed E-state index contributed by atoms with van der Waals surface area (Å²) in [6.45, 7) is 6.55. The third-order valence-corrected chi connectivity index (χ3v) is 4.11. The van der Waals surface area contributed by atoms with E-state index in [4.69, 9.17) is 16.0 Å². The number of hydrogen-bond acceptors (Lipinski definition) is 8. The van der Waals surface area contributed by atoms with E-state index in [-0.39, 0.29) is 23.4 Å². The van der Waals surface area contributed by atoms with E-state index < -0.39 is 11.5 Å². The number of alkyl halides is 3. The Hall–Kier alpha value is -3.60. The van der Waals surface area contributed by atoms with Crippen molar-refractivity contribution in [1.29, 1.82) is 0 Å². The van der Waals surface area contributed by atoms with Crippen LogP contribution in [0.15, 0.2) is 54.2 Å². The van der Waals surface area contributed by atoms with Crippen LogP contribution in [-0.4, -0.2) is 38.2 Å². The van der Waals surface area contributed by atoms with Gasteiger partial charge in [0.05, 0.1) is 11.9 Å². The number of hydrogen-bond donors (Lipinski definition) is 2. The molecule has 162 valence electrons. The highest BCUT2D eigenvalue weighted by Gasteiger charge is 2.31. The van der Waals surface area contributed by atoms with Crippen LogP contribution in [0.3, 0.4) is 0 Å². The van der Waals surface area contributed by atoms with Gasteiger partial charge in [-0.05, 0) is 30.7 Å². The number of aromatic nitrogens is 4. The zero-order chi connectivity index (χ0) is 22.4. The van der Waals surface area contributed by atoms with Gasteiger partial charge in [0, 0.05) is 24.3 Å². The summed E-state index contributed by atoms with van der Waals surface area (Å²) in [5.74, 6) is -0.158. The molecule has 0 spiro atoms. The van der Waals surface area contributed by atoms with Crippen molar-refractivity contribution < 1.29 is 22.7 Å². The van der Waals surface area contributed by atoms with E-state index in [1.807, 2.05) is 0 Å². The minimum atomic E-state index is -3.82. The van der Waals surface area contributed by atoms with Crippen LogP contribution in [0.4, 0.5) is 20.3 Å². The summed E-state index contributed by atoms with van der Waals surface area (Å²) < 4.78 is 35.2. The predicted molar refractivity (Wildman–Crippen MR) is 108 cm³/mol. The maximum atomic E-state index is 12.7. The van der Waals surface area contributed by atoms with Gasteiger partial charge >= 0.3 is 5.57 Å². The molecule has 0 aromatic carbocycles. The Morgan fingerprint density at radius 1 is 1.26 bits per heavy atom. The number of carbonyl (C=O) groups is 1. The number of halogens is 3. The summed E-state index contributed by atoms with van der Waals surface area (Å²) in [4.78, 5) is 20.0. The van der Waals surface area contributed by atoms with Crippen molar-refractivity contribution in [3.63, 3.8) is 0 Å². The first-order valence-corrected chi connectivity index (χ1v) is 9.32. The molecule has 0 saturated carbocycles. The van der Waals surface area contributed by atoms with Crippen molar-refractivity contribution in [2.75, 3.05) is 11.9 Å². The lowest BCUT2D eigenvalue weighted by atomic mass is 10.1. The van der Waals surface area contributed by atoms with Crippen molar-refractivity contribution in [3.05, 3.63) is 55.7 Å². The number of pyridine rings is 2. The zero-order valence-electron chi connectivity index (χ0n) is 16.0. The molecular weight excluding hydrogens is 434 g/mol. The van der Waals surface area contributed by atoms with Gasteiger partial charge in [0.1, 0.15) is 17.5 Å². The van der Waals surface area contributed by atoms with Gasteiger partial charge in [0.2, 0.25) is 11.8 Å². The Morgan fingerprint density at radius 3 is 2.71 bits per heavy atom. The Bertz CT molecular complexity index is 1040. The highest BCUT2D eigenvalue weighted by atomic mass is 35.5. The average Bonchev–Trinajstić information content (AvgIpc) is 3.39. The lowest BCUT2D eigenvalue weighted by Crippen LogP contribution is -2.18. The van der Waals surface area contributed by atoms with Gasteiger partial charge in [-0.15, -0.1) is 32.1 Å². The molecule has 3 aromatic rings. The maximum absolute atomic E-state index is 12.7. The normalized spacial score (nSPS) is 15.6. The molecule has 1 saturated heterocycles. The smallest absolute Gasteiger partial charge is 0.418 e. The van der Waals surface area contributed by atoms with Crippen LogP contribution in [0.25, 0.3) is 11.6 Å². The van der Waals surface area contributed by atoms with E-state index in [9.17, 15) is 13.6 Å². The number of nitrogens with zero attached hydrogens (tertiary/aromatic N) is 4. The fraction of sp³-hybridized carbons (Fsp3) is 0.211. The number of nitrogens with one attached hydrogen (secondary N) is 2. The zero-order valence-corrected chi connectivity index (χ0v) is 16.8. The van der Waals surface area contributed by atoms with E-state index >= 15 is 0 Å². The van der Waals surface area contributed by atoms with Crippen molar-refractivity contribution >= 4 is 29.0 Å². The molecule has 1 fully saturated rings. The fourth-order valence-corrected chi connectivity index (χ4v) is 2.85. The Labute approximate surface area is 180 Å². The van der Waals surface area contributed by atoms with Gasteiger partial charge < -0.3 is 19.8 Å². The van der Waals surface area contributed by atoms with E-state index in [1.165, 1.54) is 12.1 Å². The molecule has 1 amide bonds. The van der Waals surface area contributed by atoms with Crippen molar-refractivity contribution in [3.8, 4) is 17.3 Å². The standard InChI is InChI=1S/C17H13ClF2N6O3.C2H4/c18-17(19,20)29-9-3-4-12(23-8-9)24-11-2-1-6-21-13(11)16-26-25-15(28-16)10-5-7-22-14(10)27;1-2/h1-4,6,8,10H,5,7H2,(H,22,27)(H,23,24);1-2H2. The summed E-state index contributed by atoms with van der Waals surface area (Å²) in [6.07, 6.45) is 3.21. The number of rotatable bonds is 6.